The molecule has 1 saturated carbocycles. The number of hydrogen-bond donors (Lipinski definition) is 2. The summed E-state index contributed by atoms with van der Waals surface area (Å²) in [6.07, 6.45) is 4.51. The maximum absolute atomic E-state index is 13.1. The summed E-state index contributed by atoms with van der Waals surface area (Å²) in [6.45, 7) is 1.88. The van der Waals surface area contributed by atoms with Crippen LogP contribution in [0.4, 0.5) is 5.00 Å². The van der Waals surface area contributed by atoms with Crippen molar-refractivity contribution in [2.75, 3.05) is 12.4 Å². The normalized spacial score (nSPS) is 24.5. The molecule has 1 heterocycles. The lowest BCUT2D eigenvalue weighted by Gasteiger charge is -2.23. The Kier molecular flexibility index (Phi) is 5.00. The average molecular weight is 411 g/mol. The fraction of sp³-hybridized carbons (Fsp3) is 0.318. The second-order valence-electron chi connectivity index (χ2n) is 7.42. The Morgan fingerprint density at radius 1 is 1.10 bits per heavy atom. The van der Waals surface area contributed by atoms with Crippen molar-refractivity contribution in [1.29, 1.82) is 0 Å². The first-order valence-corrected chi connectivity index (χ1v) is 10.2. The van der Waals surface area contributed by atoms with Gasteiger partial charge in [0.05, 0.1) is 18.9 Å². The summed E-state index contributed by atoms with van der Waals surface area (Å²) in [6, 6.07) is 9.44. The quantitative estimate of drug-likeness (QED) is 0.574. The molecule has 29 heavy (non-hydrogen) atoms. The van der Waals surface area contributed by atoms with E-state index in [-0.39, 0.29) is 17.7 Å². The molecule has 1 fully saturated rings. The van der Waals surface area contributed by atoms with E-state index < -0.39 is 23.8 Å². The van der Waals surface area contributed by atoms with Gasteiger partial charge in [-0.1, -0.05) is 42.5 Å². The number of amides is 1. The summed E-state index contributed by atoms with van der Waals surface area (Å²) in [7, 11) is 1.30. The molecule has 1 aromatic carbocycles. The van der Waals surface area contributed by atoms with Crippen molar-refractivity contribution in [2.24, 2.45) is 23.7 Å². The number of benzene rings is 1. The highest BCUT2D eigenvalue weighted by Gasteiger charge is 2.51. The van der Waals surface area contributed by atoms with Gasteiger partial charge in [0.25, 0.3) is 0 Å². The fourth-order valence-corrected chi connectivity index (χ4v) is 5.66. The van der Waals surface area contributed by atoms with Gasteiger partial charge >= 0.3 is 11.9 Å². The van der Waals surface area contributed by atoms with Crippen LogP contribution in [0.15, 0.2) is 42.5 Å². The molecule has 7 heteroatoms. The van der Waals surface area contributed by atoms with Gasteiger partial charge < -0.3 is 15.2 Å². The van der Waals surface area contributed by atoms with E-state index >= 15 is 0 Å². The molecule has 4 atom stereocenters. The topological polar surface area (TPSA) is 92.7 Å². The smallest absolute Gasteiger partial charge is 0.341 e. The molecule has 2 N–H and O–H groups in total. The first-order valence-electron chi connectivity index (χ1n) is 9.41. The number of carboxylic acids is 1. The van der Waals surface area contributed by atoms with Gasteiger partial charge in [-0.05, 0) is 30.7 Å². The van der Waals surface area contributed by atoms with Crippen molar-refractivity contribution in [2.45, 2.75) is 13.3 Å². The lowest BCUT2D eigenvalue weighted by molar-refractivity contribution is -0.146. The number of carbonyl (C=O) groups is 3. The maximum Gasteiger partial charge on any atom is 0.341 e. The van der Waals surface area contributed by atoms with E-state index in [9.17, 15) is 19.5 Å². The van der Waals surface area contributed by atoms with Crippen molar-refractivity contribution in [1.82, 2.24) is 0 Å². The second kappa shape index (κ2) is 7.48. The van der Waals surface area contributed by atoms with E-state index in [1.54, 1.807) is 0 Å². The molecule has 1 amide bonds. The number of thiophene rings is 1. The Balaban J connectivity index is 1.71. The number of fused-ring (bicyclic) bond motifs is 2. The van der Waals surface area contributed by atoms with E-state index in [1.165, 1.54) is 18.4 Å². The number of esters is 1. The molecule has 0 aliphatic heterocycles. The third-order valence-electron chi connectivity index (χ3n) is 5.82. The summed E-state index contributed by atoms with van der Waals surface area (Å²) in [5.41, 5.74) is 1.88. The number of methoxy groups -OCH3 is 1. The van der Waals surface area contributed by atoms with Crippen LogP contribution in [-0.4, -0.2) is 30.1 Å². The monoisotopic (exact) mass is 411 g/mol. The number of carboxylic acid groups (broad SMARTS) is 1. The lowest BCUT2D eigenvalue weighted by atomic mass is 9.82. The number of anilines is 1. The number of carbonyl (C=O) groups excluding carboxylic acids is 2. The first kappa shape index (κ1) is 19.4. The molecule has 0 radical (unpaired) electrons. The standard InChI is InChI=1S/C22H21NO5S/c1-11-15(12-6-4-3-5-7-12)18(22(27)28-2)20(29-11)23-19(24)16-13-8-9-14(10-13)17(16)21(25)26/h3-9,13-14,16-17H,10H2,1-2H3,(H,23,24)(H,25,26)/t13-,14+,16+,17+/m1/s1. The van der Waals surface area contributed by atoms with Crippen LogP contribution in [-0.2, 0) is 14.3 Å². The minimum atomic E-state index is -0.956. The molecule has 6 nitrogen and oxygen atoms in total. The summed E-state index contributed by atoms with van der Waals surface area (Å²) in [5.74, 6) is -3.43. The summed E-state index contributed by atoms with van der Waals surface area (Å²) >= 11 is 1.30. The summed E-state index contributed by atoms with van der Waals surface area (Å²) in [5, 5.41) is 12.9. The van der Waals surface area contributed by atoms with E-state index in [0.29, 0.717) is 17.0 Å². The predicted molar refractivity (Wildman–Crippen MR) is 110 cm³/mol. The number of rotatable bonds is 5. The molecule has 2 aromatic rings. The molecule has 4 rings (SSSR count). The molecule has 0 unspecified atom stereocenters. The number of allylic oxidation sites excluding steroid dienone is 2. The molecule has 1 aromatic heterocycles. The molecule has 2 bridgehead atoms. The van der Waals surface area contributed by atoms with E-state index in [1.807, 2.05) is 49.4 Å². The predicted octanol–water partition coefficient (Wildman–Crippen LogP) is 3.97. The van der Waals surface area contributed by atoms with Gasteiger partial charge in [-0.2, -0.15) is 0 Å². The zero-order valence-electron chi connectivity index (χ0n) is 16.0. The third kappa shape index (κ3) is 3.25. The average Bonchev–Trinajstić information content (AvgIpc) is 3.40. The van der Waals surface area contributed by atoms with Crippen molar-refractivity contribution >= 4 is 34.2 Å². The molecule has 0 spiro atoms. The first-order chi connectivity index (χ1) is 13.9. The Morgan fingerprint density at radius 2 is 1.76 bits per heavy atom. The van der Waals surface area contributed by atoms with Crippen molar-refractivity contribution in [3.05, 3.63) is 52.9 Å². The number of aliphatic carboxylic acids is 1. The Bertz CT molecular complexity index is 1010. The molecule has 0 saturated heterocycles. The molecule has 2 aliphatic rings. The van der Waals surface area contributed by atoms with Crippen LogP contribution in [0, 0.1) is 30.6 Å². The van der Waals surface area contributed by atoms with Gasteiger partial charge in [0.15, 0.2) is 0 Å². The van der Waals surface area contributed by atoms with Gasteiger partial charge in [0.1, 0.15) is 10.6 Å². The van der Waals surface area contributed by atoms with Crippen molar-refractivity contribution in [3.63, 3.8) is 0 Å². The zero-order chi connectivity index (χ0) is 20.7. The van der Waals surface area contributed by atoms with Crippen LogP contribution in [0.1, 0.15) is 21.7 Å². The van der Waals surface area contributed by atoms with Crippen LogP contribution in [0.2, 0.25) is 0 Å². The van der Waals surface area contributed by atoms with Gasteiger partial charge in [0.2, 0.25) is 5.91 Å². The van der Waals surface area contributed by atoms with Gasteiger partial charge in [-0.25, -0.2) is 4.79 Å². The zero-order valence-corrected chi connectivity index (χ0v) is 16.9. The van der Waals surface area contributed by atoms with Gasteiger partial charge in [-0.3, -0.25) is 9.59 Å². The van der Waals surface area contributed by atoms with E-state index in [4.69, 9.17) is 4.74 Å². The Morgan fingerprint density at radius 3 is 2.38 bits per heavy atom. The Hall–Kier alpha value is -2.93. The summed E-state index contributed by atoms with van der Waals surface area (Å²) < 4.78 is 4.98. The van der Waals surface area contributed by atoms with E-state index in [2.05, 4.69) is 5.32 Å². The van der Waals surface area contributed by atoms with Gasteiger partial charge in [0, 0.05) is 10.4 Å². The van der Waals surface area contributed by atoms with Crippen molar-refractivity contribution in [3.8, 4) is 11.1 Å². The number of ether oxygens (including phenoxy) is 1. The second-order valence-corrected chi connectivity index (χ2v) is 8.65. The molecule has 150 valence electrons. The highest BCUT2D eigenvalue weighted by molar-refractivity contribution is 7.17. The highest BCUT2D eigenvalue weighted by atomic mass is 32.1. The minimum Gasteiger partial charge on any atom is -0.481 e. The highest BCUT2D eigenvalue weighted by Crippen LogP contribution is 2.49. The van der Waals surface area contributed by atoms with Crippen molar-refractivity contribution < 1.29 is 24.2 Å². The van der Waals surface area contributed by atoms with Crippen LogP contribution in [0.5, 0.6) is 0 Å². The Labute approximate surface area is 172 Å². The molecular weight excluding hydrogens is 390 g/mol. The van der Waals surface area contributed by atoms with Crippen LogP contribution in [0.3, 0.4) is 0 Å². The van der Waals surface area contributed by atoms with Crippen LogP contribution in [0.25, 0.3) is 11.1 Å². The number of aryl methyl sites for hydroxylation is 1. The number of hydrogen-bond acceptors (Lipinski definition) is 5. The fourth-order valence-electron chi connectivity index (χ4n) is 4.59. The van der Waals surface area contributed by atoms with Crippen LogP contribution >= 0.6 is 11.3 Å². The molecule has 2 aliphatic carbocycles. The SMILES string of the molecule is COC(=O)c1c(NC(=O)[C@@H]2[C@@H](C(=O)O)[C@H]3C=C[C@@H]2C3)sc(C)c1-c1ccccc1. The third-order valence-corrected chi connectivity index (χ3v) is 6.84. The largest absolute Gasteiger partial charge is 0.481 e. The van der Waals surface area contributed by atoms with E-state index in [0.717, 1.165) is 16.0 Å². The summed E-state index contributed by atoms with van der Waals surface area (Å²) in [4.78, 5) is 38.3. The maximum atomic E-state index is 13.1. The van der Waals surface area contributed by atoms with Crippen LogP contribution < -0.4 is 5.32 Å². The number of nitrogens with one attached hydrogen (secondary N) is 1. The molecular formula is C22H21NO5S. The van der Waals surface area contributed by atoms with Gasteiger partial charge in [-0.15, -0.1) is 11.3 Å². The lowest BCUT2D eigenvalue weighted by Crippen LogP contribution is -2.36. The minimum absolute atomic E-state index is 0.0858.